The van der Waals surface area contributed by atoms with Crippen LogP contribution in [0.25, 0.3) is 0 Å². The van der Waals surface area contributed by atoms with E-state index in [4.69, 9.17) is 4.74 Å². The first-order chi connectivity index (χ1) is 12.2. The maximum absolute atomic E-state index is 12.7. The van der Waals surface area contributed by atoms with Crippen LogP contribution in [-0.2, 0) is 9.59 Å². The van der Waals surface area contributed by atoms with Crippen molar-refractivity contribution in [3.05, 3.63) is 29.8 Å². The molecule has 0 spiro atoms. The SMILES string of the molecule is COc1ccccc1C1CNCCN1C(=O)CCCNC(=O)C1CC1.Cl. The monoisotopic (exact) mass is 381 g/mol. The van der Waals surface area contributed by atoms with Crippen molar-refractivity contribution in [3.63, 3.8) is 0 Å². The molecule has 6 nitrogen and oxygen atoms in total. The van der Waals surface area contributed by atoms with E-state index in [1.807, 2.05) is 29.2 Å². The van der Waals surface area contributed by atoms with Gasteiger partial charge in [0.05, 0.1) is 13.2 Å². The van der Waals surface area contributed by atoms with Crippen LogP contribution < -0.4 is 15.4 Å². The van der Waals surface area contributed by atoms with Gasteiger partial charge in [0.2, 0.25) is 11.8 Å². The number of benzene rings is 1. The summed E-state index contributed by atoms with van der Waals surface area (Å²) in [7, 11) is 1.66. The zero-order valence-corrected chi connectivity index (χ0v) is 16.0. The molecule has 0 aromatic heterocycles. The Morgan fingerprint density at radius 1 is 1.31 bits per heavy atom. The van der Waals surface area contributed by atoms with Crippen molar-refractivity contribution in [2.45, 2.75) is 31.7 Å². The quantitative estimate of drug-likeness (QED) is 0.708. The van der Waals surface area contributed by atoms with Gasteiger partial charge in [-0.25, -0.2) is 0 Å². The molecule has 1 saturated carbocycles. The third-order valence-corrected chi connectivity index (χ3v) is 4.88. The van der Waals surface area contributed by atoms with Crippen LogP contribution in [0.2, 0.25) is 0 Å². The van der Waals surface area contributed by atoms with Gasteiger partial charge in [-0.05, 0) is 25.3 Å². The lowest BCUT2D eigenvalue weighted by molar-refractivity contribution is -0.134. The molecule has 2 amide bonds. The fourth-order valence-corrected chi connectivity index (χ4v) is 3.31. The summed E-state index contributed by atoms with van der Waals surface area (Å²) in [6.07, 6.45) is 3.15. The fourth-order valence-electron chi connectivity index (χ4n) is 3.31. The molecule has 26 heavy (non-hydrogen) atoms. The van der Waals surface area contributed by atoms with Gasteiger partial charge >= 0.3 is 0 Å². The molecule has 7 heteroatoms. The van der Waals surface area contributed by atoms with Crippen molar-refractivity contribution in [3.8, 4) is 5.75 Å². The van der Waals surface area contributed by atoms with Gasteiger partial charge in [-0.3, -0.25) is 9.59 Å². The van der Waals surface area contributed by atoms with Gasteiger partial charge in [-0.1, -0.05) is 18.2 Å². The Morgan fingerprint density at radius 3 is 2.81 bits per heavy atom. The molecule has 1 aromatic carbocycles. The molecule has 1 heterocycles. The topological polar surface area (TPSA) is 70.7 Å². The first-order valence-corrected chi connectivity index (χ1v) is 9.11. The van der Waals surface area contributed by atoms with Crippen LogP contribution in [-0.4, -0.2) is 50.0 Å². The Labute approximate surface area is 161 Å². The maximum atomic E-state index is 12.7. The minimum atomic E-state index is -0.0153. The lowest BCUT2D eigenvalue weighted by Gasteiger charge is -2.37. The highest BCUT2D eigenvalue weighted by molar-refractivity contribution is 5.85. The van der Waals surface area contributed by atoms with E-state index in [9.17, 15) is 9.59 Å². The zero-order valence-electron chi connectivity index (χ0n) is 15.2. The summed E-state index contributed by atoms with van der Waals surface area (Å²) in [6, 6.07) is 7.85. The number of halogens is 1. The standard InChI is InChI=1S/C19H27N3O3.ClH/c1-25-17-6-3-2-5-15(17)16-13-20-11-12-22(16)18(23)7-4-10-21-19(24)14-8-9-14;/h2-3,5-6,14,16,20H,4,7-13H2,1H3,(H,21,24);1H. The summed E-state index contributed by atoms with van der Waals surface area (Å²) in [5, 5.41) is 6.29. The summed E-state index contributed by atoms with van der Waals surface area (Å²) >= 11 is 0. The normalized spacial score (nSPS) is 19.4. The van der Waals surface area contributed by atoms with Gasteiger partial charge in [0.1, 0.15) is 5.75 Å². The molecule has 0 bridgehead atoms. The predicted octanol–water partition coefficient (Wildman–Crippen LogP) is 1.90. The van der Waals surface area contributed by atoms with E-state index in [1.165, 1.54) is 0 Å². The minimum absolute atomic E-state index is 0. The summed E-state index contributed by atoms with van der Waals surface area (Å²) < 4.78 is 5.47. The molecule has 0 radical (unpaired) electrons. The van der Waals surface area contributed by atoms with Crippen LogP contribution in [0.5, 0.6) is 5.75 Å². The largest absolute Gasteiger partial charge is 0.496 e. The predicted molar refractivity (Wildman–Crippen MR) is 103 cm³/mol. The highest BCUT2D eigenvalue weighted by atomic mass is 35.5. The molecule has 1 atom stereocenters. The second-order valence-corrected chi connectivity index (χ2v) is 6.72. The first kappa shape index (κ1) is 20.5. The van der Waals surface area contributed by atoms with Crippen LogP contribution in [0.3, 0.4) is 0 Å². The molecule has 1 aliphatic carbocycles. The first-order valence-electron chi connectivity index (χ1n) is 9.11. The highest BCUT2D eigenvalue weighted by Crippen LogP contribution is 2.31. The van der Waals surface area contributed by atoms with Crippen molar-refractivity contribution in [2.75, 3.05) is 33.3 Å². The molecule has 1 aromatic rings. The van der Waals surface area contributed by atoms with Gasteiger partial charge in [-0.2, -0.15) is 0 Å². The third kappa shape index (κ3) is 5.11. The van der Waals surface area contributed by atoms with Gasteiger partial charge in [0.15, 0.2) is 0 Å². The second-order valence-electron chi connectivity index (χ2n) is 6.72. The van der Waals surface area contributed by atoms with Crippen molar-refractivity contribution >= 4 is 24.2 Å². The Balaban J connectivity index is 0.00000243. The fraction of sp³-hybridized carbons (Fsp3) is 0.579. The van der Waals surface area contributed by atoms with Crippen molar-refractivity contribution in [1.29, 1.82) is 0 Å². The molecular weight excluding hydrogens is 354 g/mol. The van der Waals surface area contributed by atoms with E-state index in [1.54, 1.807) is 7.11 Å². The maximum Gasteiger partial charge on any atom is 0.223 e. The average Bonchev–Trinajstić information content (AvgIpc) is 3.50. The lowest BCUT2D eigenvalue weighted by Crippen LogP contribution is -2.48. The van der Waals surface area contributed by atoms with E-state index in [0.29, 0.717) is 25.9 Å². The summed E-state index contributed by atoms with van der Waals surface area (Å²) in [5.74, 6) is 1.31. The third-order valence-electron chi connectivity index (χ3n) is 4.88. The number of ether oxygens (including phenoxy) is 1. The number of hydrogen-bond acceptors (Lipinski definition) is 4. The second kappa shape index (κ2) is 9.78. The number of para-hydroxylation sites is 1. The number of carbonyl (C=O) groups excluding carboxylic acids is 2. The molecule has 2 N–H and O–H groups in total. The Bertz CT molecular complexity index is 622. The van der Waals surface area contributed by atoms with Gasteiger partial charge < -0.3 is 20.3 Å². The van der Waals surface area contributed by atoms with E-state index in [0.717, 1.165) is 37.2 Å². The number of nitrogens with one attached hydrogen (secondary N) is 2. The lowest BCUT2D eigenvalue weighted by atomic mass is 10.0. The van der Waals surface area contributed by atoms with Gasteiger partial charge in [0, 0.05) is 44.1 Å². The van der Waals surface area contributed by atoms with Gasteiger partial charge in [-0.15, -0.1) is 12.4 Å². The van der Waals surface area contributed by atoms with Crippen molar-refractivity contribution < 1.29 is 14.3 Å². The molecule has 2 fully saturated rings. The zero-order chi connectivity index (χ0) is 17.6. The summed E-state index contributed by atoms with van der Waals surface area (Å²) in [4.78, 5) is 26.3. The molecule has 1 aliphatic heterocycles. The van der Waals surface area contributed by atoms with Crippen LogP contribution in [0.1, 0.15) is 37.3 Å². The van der Waals surface area contributed by atoms with Gasteiger partial charge in [0.25, 0.3) is 0 Å². The number of carbonyl (C=O) groups is 2. The number of rotatable bonds is 7. The van der Waals surface area contributed by atoms with Crippen LogP contribution in [0.15, 0.2) is 24.3 Å². The van der Waals surface area contributed by atoms with E-state index in [-0.39, 0.29) is 36.2 Å². The van der Waals surface area contributed by atoms with Crippen molar-refractivity contribution in [2.24, 2.45) is 5.92 Å². The van der Waals surface area contributed by atoms with E-state index < -0.39 is 0 Å². The van der Waals surface area contributed by atoms with Crippen LogP contribution in [0.4, 0.5) is 0 Å². The summed E-state index contributed by atoms with van der Waals surface area (Å²) in [5.41, 5.74) is 1.03. The van der Waals surface area contributed by atoms with Crippen LogP contribution >= 0.6 is 12.4 Å². The number of methoxy groups -OCH3 is 1. The minimum Gasteiger partial charge on any atom is -0.496 e. The molecule has 1 unspecified atom stereocenters. The molecule has 1 saturated heterocycles. The summed E-state index contributed by atoms with van der Waals surface area (Å²) in [6.45, 7) is 2.79. The van der Waals surface area contributed by atoms with E-state index >= 15 is 0 Å². The number of amides is 2. The average molecular weight is 382 g/mol. The number of piperazine rings is 1. The van der Waals surface area contributed by atoms with Crippen molar-refractivity contribution in [1.82, 2.24) is 15.5 Å². The number of nitrogens with zero attached hydrogens (tertiary/aromatic N) is 1. The molecule has 144 valence electrons. The Hall–Kier alpha value is -1.79. The molecule has 3 rings (SSSR count). The smallest absolute Gasteiger partial charge is 0.223 e. The Morgan fingerprint density at radius 2 is 2.08 bits per heavy atom. The highest BCUT2D eigenvalue weighted by Gasteiger charge is 2.30. The molecular formula is C19H28ClN3O3. The Kier molecular flexibility index (Phi) is 7.72. The molecule has 2 aliphatic rings. The van der Waals surface area contributed by atoms with Crippen LogP contribution in [0, 0.1) is 5.92 Å². The van der Waals surface area contributed by atoms with E-state index in [2.05, 4.69) is 10.6 Å². The number of hydrogen-bond donors (Lipinski definition) is 2.